The van der Waals surface area contributed by atoms with Crippen molar-refractivity contribution in [3.05, 3.63) is 41.2 Å². The molecule has 0 aliphatic carbocycles. The van der Waals surface area contributed by atoms with Gasteiger partial charge in [-0.1, -0.05) is 11.6 Å². The Hall–Kier alpha value is -3.01. The van der Waals surface area contributed by atoms with Gasteiger partial charge in [-0.05, 0) is 17.7 Å². The Bertz CT molecular complexity index is 1140. The molecule has 9 nitrogen and oxygen atoms in total. The normalized spacial score (nSPS) is 13.9. The number of morpholine rings is 1. The number of aromatic nitrogens is 2. The van der Waals surface area contributed by atoms with Crippen molar-refractivity contribution < 1.29 is 19.4 Å². The third-order valence-corrected chi connectivity index (χ3v) is 5.86. The van der Waals surface area contributed by atoms with Crippen molar-refractivity contribution in [3.63, 3.8) is 0 Å². The summed E-state index contributed by atoms with van der Waals surface area (Å²) in [5.41, 5.74) is 4.87. The summed E-state index contributed by atoms with van der Waals surface area (Å²) < 4.78 is 12.7. The van der Waals surface area contributed by atoms with E-state index in [1.165, 1.54) is 6.92 Å². The zero-order valence-corrected chi connectivity index (χ0v) is 19.5. The largest absolute Gasteiger partial charge is 0.495 e. The second kappa shape index (κ2) is 10.3. The minimum atomic E-state index is -0.161. The zero-order chi connectivity index (χ0) is 23.4. The summed E-state index contributed by atoms with van der Waals surface area (Å²) in [5.74, 6) is 0.450. The summed E-state index contributed by atoms with van der Waals surface area (Å²) in [6.45, 7) is 5.36. The number of amides is 1. The van der Waals surface area contributed by atoms with Crippen molar-refractivity contribution in [1.82, 2.24) is 14.7 Å². The van der Waals surface area contributed by atoms with Crippen LogP contribution in [0.3, 0.4) is 0 Å². The number of rotatable bonds is 8. The minimum absolute atomic E-state index is 0.0576. The summed E-state index contributed by atoms with van der Waals surface area (Å²) in [6.07, 6.45) is 3.91. The van der Waals surface area contributed by atoms with Gasteiger partial charge in [-0.15, -0.1) is 0 Å². The van der Waals surface area contributed by atoms with Crippen LogP contribution in [0.5, 0.6) is 5.75 Å². The first kappa shape index (κ1) is 23.2. The van der Waals surface area contributed by atoms with E-state index in [1.54, 1.807) is 19.2 Å². The average molecular weight is 474 g/mol. The standard InChI is InChI=1S/C23H28ClN5O4/c1-15(31)25-3-4-26-20-13-29-12-19(17-10-18(24)22(32-2)9-16(17)14-30)27-23(29)11-21(20)28-5-7-33-8-6-28/h9-13,26,30H,3-8,14H2,1-2H3,(H,25,31). The van der Waals surface area contributed by atoms with Crippen LogP contribution in [0.1, 0.15) is 12.5 Å². The van der Waals surface area contributed by atoms with Gasteiger partial charge in [0.15, 0.2) is 0 Å². The van der Waals surface area contributed by atoms with E-state index in [4.69, 9.17) is 26.1 Å². The number of ether oxygens (including phenoxy) is 2. The van der Waals surface area contributed by atoms with E-state index >= 15 is 0 Å². The number of hydrogen-bond acceptors (Lipinski definition) is 7. The maximum Gasteiger partial charge on any atom is 0.216 e. The highest BCUT2D eigenvalue weighted by Gasteiger charge is 2.19. The van der Waals surface area contributed by atoms with Crippen molar-refractivity contribution >= 4 is 34.5 Å². The first-order valence-corrected chi connectivity index (χ1v) is 11.2. The van der Waals surface area contributed by atoms with Gasteiger partial charge in [0.05, 0.1) is 49.0 Å². The molecule has 0 radical (unpaired) electrons. The second-order valence-electron chi connectivity index (χ2n) is 7.78. The summed E-state index contributed by atoms with van der Waals surface area (Å²) in [7, 11) is 1.54. The van der Waals surface area contributed by atoms with Crippen LogP contribution in [0.2, 0.25) is 5.02 Å². The number of halogens is 1. The molecule has 4 rings (SSSR count). The van der Waals surface area contributed by atoms with E-state index in [0.29, 0.717) is 48.3 Å². The average Bonchev–Trinajstić information content (AvgIpc) is 3.24. The number of aliphatic hydroxyl groups is 1. The molecule has 0 spiro atoms. The van der Waals surface area contributed by atoms with E-state index in [9.17, 15) is 9.90 Å². The molecule has 33 heavy (non-hydrogen) atoms. The topological polar surface area (TPSA) is 100 Å². The maximum atomic E-state index is 11.2. The first-order valence-electron chi connectivity index (χ1n) is 10.8. The lowest BCUT2D eigenvalue weighted by atomic mass is 10.1. The first-order chi connectivity index (χ1) is 16.0. The SMILES string of the molecule is COc1cc(CO)c(-c2cn3cc(NCCNC(C)=O)c(N4CCOCC4)cc3n2)cc1Cl. The molecule has 1 saturated heterocycles. The number of pyridine rings is 1. The van der Waals surface area contributed by atoms with Gasteiger partial charge in [-0.2, -0.15) is 0 Å². The second-order valence-corrected chi connectivity index (χ2v) is 8.18. The van der Waals surface area contributed by atoms with Gasteiger partial charge >= 0.3 is 0 Å². The third kappa shape index (κ3) is 5.16. The fraction of sp³-hybridized carbons (Fsp3) is 0.391. The Morgan fingerprint density at radius 1 is 1.24 bits per heavy atom. The number of hydrogen-bond donors (Lipinski definition) is 3. The van der Waals surface area contributed by atoms with Gasteiger partial charge in [0.2, 0.25) is 5.91 Å². The van der Waals surface area contributed by atoms with Crippen molar-refractivity contribution in [1.29, 1.82) is 0 Å². The molecular weight excluding hydrogens is 446 g/mol. The molecule has 10 heteroatoms. The van der Waals surface area contributed by atoms with Crippen LogP contribution in [0.15, 0.2) is 30.6 Å². The number of benzene rings is 1. The molecule has 3 N–H and O–H groups in total. The van der Waals surface area contributed by atoms with Crippen LogP contribution in [-0.2, 0) is 16.1 Å². The minimum Gasteiger partial charge on any atom is -0.495 e. The summed E-state index contributed by atoms with van der Waals surface area (Å²) in [5, 5.41) is 16.6. The summed E-state index contributed by atoms with van der Waals surface area (Å²) >= 11 is 6.35. The van der Waals surface area contributed by atoms with Crippen molar-refractivity contribution in [2.24, 2.45) is 0 Å². The predicted octanol–water partition coefficient (Wildman–Crippen LogP) is 2.54. The number of methoxy groups -OCH3 is 1. The Morgan fingerprint density at radius 2 is 2.03 bits per heavy atom. The summed E-state index contributed by atoms with van der Waals surface area (Å²) in [4.78, 5) is 18.3. The van der Waals surface area contributed by atoms with E-state index in [1.807, 2.05) is 22.9 Å². The van der Waals surface area contributed by atoms with E-state index < -0.39 is 0 Å². The molecule has 0 unspecified atom stereocenters. The van der Waals surface area contributed by atoms with Gasteiger partial charge in [-0.25, -0.2) is 4.98 Å². The lowest BCUT2D eigenvalue weighted by Gasteiger charge is -2.30. The fourth-order valence-electron chi connectivity index (χ4n) is 3.91. The van der Waals surface area contributed by atoms with Crippen molar-refractivity contribution in [2.45, 2.75) is 13.5 Å². The predicted molar refractivity (Wildman–Crippen MR) is 128 cm³/mol. The van der Waals surface area contributed by atoms with Crippen LogP contribution >= 0.6 is 11.6 Å². The molecular formula is C23H28ClN5O4. The van der Waals surface area contributed by atoms with Gasteiger partial charge in [0.1, 0.15) is 11.4 Å². The molecule has 3 heterocycles. The molecule has 2 aromatic heterocycles. The van der Waals surface area contributed by atoms with Crippen LogP contribution in [0.4, 0.5) is 11.4 Å². The Morgan fingerprint density at radius 3 is 2.73 bits per heavy atom. The highest BCUT2D eigenvalue weighted by molar-refractivity contribution is 6.32. The monoisotopic (exact) mass is 473 g/mol. The molecule has 1 aromatic carbocycles. The lowest BCUT2D eigenvalue weighted by Crippen LogP contribution is -2.37. The lowest BCUT2D eigenvalue weighted by molar-refractivity contribution is -0.118. The van der Waals surface area contributed by atoms with E-state index in [-0.39, 0.29) is 12.5 Å². The highest BCUT2D eigenvalue weighted by Crippen LogP contribution is 2.35. The smallest absolute Gasteiger partial charge is 0.216 e. The molecule has 1 amide bonds. The van der Waals surface area contributed by atoms with Crippen LogP contribution in [0.25, 0.3) is 16.9 Å². The Balaban J connectivity index is 1.72. The number of anilines is 2. The van der Waals surface area contributed by atoms with Crippen LogP contribution < -0.4 is 20.3 Å². The van der Waals surface area contributed by atoms with E-state index in [0.717, 1.165) is 35.7 Å². The quantitative estimate of drug-likeness (QED) is 0.432. The van der Waals surface area contributed by atoms with Gasteiger partial charge < -0.3 is 34.5 Å². The van der Waals surface area contributed by atoms with Crippen LogP contribution in [0, 0.1) is 0 Å². The zero-order valence-electron chi connectivity index (χ0n) is 18.7. The molecule has 176 valence electrons. The van der Waals surface area contributed by atoms with Crippen molar-refractivity contribution in [3.8, 4) is 17.0 Å². The summed E-state index contributed by atoms with van der Waals surface area (Å²) in [6, 6.07) is 5.54. The maximum absolute atomic E-state index is 11.2. The van der Waals surface area contributed by atoms with Gasteiger partial charge in [-0.3, -0.25) is 4.79 Å². The number of imidazole rings is 1. The molecule has 3 aromatic rings. The number of aliphatic hydroxyl groups excluding tert-OH is 1. The number of nitrogens with zero attached hydrogens (tertiary/aromatic N) is 3. The highest BCUT2D eigenvalue weighted by atomic mass is 35.5. The number of nitrogens with one attached hydrogen (secondary N) is 2. The molecule has 1 aliphatic rings. The number of carbonyl (C=O) groups excluding carboxylic acids is 1. The third-order valence-electron chi connectivity index (χ3n) is 5.56. The van der Waals surface area contributed by atoms with Gasteiger partial charge in [0, 0.05) is 57.1 Å². The Labute approximate surface area is 197 Å². The van der Waals surface area contributed by atoms with Crippen molar-refractivity contribution in [2.75, 3.05) is 56.7 Å². The molecule has 0 bridgehead atoms. The molecule has 1 aliphatic heterocycles. The molecule has 1 fully saturated rings. The number of fused-ring (bicyclic) bond motifs is 1. The molecule has 0 saturated carbocycles. The van der Waals surface area contributed by atoms with E-state index in [2.05, 4.69) is 15.5 Å². The fourth-order valence-corrected chi connectivity index (χ4v) is 4.15. The van der Waals surface area contributed by atoms with Crippen LogP contribution in [-0.4, -0.2) is 66.9 Å². The number of carbonyl (C=O) groups is 1. The Kier molecular flexibility index (Phi) is 7.22. The van der Waals surface area contributed by atoms with Gasteiger partial charge in [0.25, 0.3) is 0 Å². The molecule has 0 atom stereocenters.